The van der Waals surface area contributed by atoms with Crippen molar-refractivity contribution in [2.24, 2.45) is 11.8 Å². The third kappa shape index (κ3) is 2.27. The van der Waals surface area contributed by atoms with Gasteiger partial charge in [0.15, 0.2) is 0 Å². The fourth-order valence-electron chi connectivity index (χ4n) is 3.55. The molecule has 1 fully saturated rings. The molecule has 2 aliphatic rings. The molecule has 104 valence electrons. The summed E-state index contributed by atoms with van der Waals surface area (Å²) < 4.78 is 12.6. The summed E-state index contributed by atoms with van der Waals surface area (Å²) in [6.07, 6.45) is 2.85. The van der Waals surface area contributed by atoms with E-state index in [1.165, 1.54) is 5.56 Å². The molecule has 0 spiro atoms. The van der Waals surface area contributed by atoms with Crippen molar-refractivity contribution in [1.29, 1.82) is 0 Å². The summed E-state index contributed by atoms with van der Waals surface area (Å²) in [6, 6.07) is 8.33. The molecule has 2 nitrogen and oxygen atoms in total. The second-order valence-corrected chi connectivity index (χ2v) is 6.89. The van der Waals surface area contributed by atoms with Crippen molar-refractivity contribution in [3.05, 3.63) is 29.8 Å². The van der Waals surface area contributed by atoms with E-state index in [1.807, 2.05) is 6.07 Å². The first-order chi connectivity index (χ1) is 8.97. The molecule has 0 bridgehead atoms. The van der Waals surface area contributed by atoms with Crippen molar-refractivity contribution in [3.8, 4) is 5.75 Å². The van der Waals surface area contributed by atoms with E-state index in [0.717, 1.165) is 18.6 Å². The molecule has 1 aromatic rings. The highest BCUT2D eigenvalue weighted by molar-refractivity contribution is 5.39. The van der Waals surface area contributed by atoms with Gasteiger partial charge in [-0.1, -0.05) is 32.0 Å². The Morgan fingerprint density at radius 3 is 2.74 bits per heavy atom. The summed E-state index contributed by atoms with van der Waals surface area (Å²) in [5, 5.41) is 0. The van der Waals surface area contributed by atoms with Crippen molar-refractivity contribution in [1.82, 2.24) is 0 Å². The van der Waals surface area contributed by atoms with Crippen LogP contribution in [-0.2, 0) is 4.74 Å². The molecular weight excluding hydrogens is 236 g/mol. The van der Waals surface area contributed by atoms with Crippen LogP contribution in [0, 0.1) is 11.8 Å². The Bertz CT molecular complexity index is 464. The molecule has 0 aromatic heterocycles. The lowest BCUT2D eigenvalue weighted by Crippen LogP contribution is -2.42. The highest BCUT2D eigenvalue weighted by Gasteiger charge is 2.49. The number of hydrogen-bond acceptors (Lipinski definition) is 2. The van der Waals surface area contributed by atoms with Gasteiger partial charge in [0.2, 0.25) is 0 Å². The van der Waals surface area contributed by atoms with E-state index in [1.54, 1.807) is 0 Å². The van der Waals surface area contributed by atoms with Gasteiger partial charge in [0.1, 0.15) is 11.4 Å². The Kier molecular flexibility index (Phi) is 3.09. The summed E-state index contributed by atoms with van der Waals surface area (Å²) >= 11 is 0. The Hall–Kier alpha value is -1.02. The highest BCUT2D eigenvalue weighted by atomic mass is 16.5. The first-order valence-electron chi connectivity index (χ1n) is 7.41. The monoisotopic (exact) mass is 260 g/mol. The lowest BCUT2D eigenvalue weighted by Gasteiger charge is -2.40. The van der Waals surface area contributed by atoms with Crippen molar-refractivity contribution in [2.45, 2.75) is 58.3 Å². The Labute approximate surface area is 116 Å². The first-order valence-corrected chi connectivity index (χ1v) is 7.41. The minimum atomic E-state index is -0.134. The van der Waals surface area contributed by atoms with Crippen LogP contribution in [0.15, 0.2) is 24.3 Å². The van der Waals surface area contributed by atoms with Gasteiger partial charge in [-0.15, -0.1) is 0 Å². The van der Waals surface area contributed by atoms with Gasteiger partial charge in [0, 0.05) is 11.5 Å². The average molecular weight is 260 g/mol. The molecule has 0 unspecified atom stereocenters. The van der Waals surface area contributed by atoms with Crippen LogP contribution in [0.3, 0.4) is 0 Å². The predicted molar refractivity (Wildman–Crippen MR) is 76.3 cm³/mol. The normalized spacial score (nSPS) is 31.7. The second kappa shape index (κ2) is 4.52. The van der Waals surface area contributed by atoms with Gasteiger partial charge in [-0.3, -0.25) is 0 Å². The van der Waals surface area contributed by atoms with E-state index in [2.05, 4.69) is 45.9 Å². The zero-order chi connectivity index (χ0) is 13.6. The molecular formula is C17H24O2. The zero-order valence-corrected chi connectivity index (χ0v) is 12.3. The van der Waals surface area contributed by atoms with Crippen LogP contribution in [0.5, 0.6) is 5.75 Å². The van der Waals surface area contributed by atoms with Crippen LogP contribution in [0.25, 0.3) is 0 Å². The first kappa shape index (κ1) is 13.0. The van der Waals surface area contributed by atoms with Crippen molar-refractivity contribution in [2.75, 3.05) is 0 Å². The molecule has 0 aliphatic carbocycles. The number of hydrogen-bond donors (Lipinski definition) is 0. The molecule has 0 N–H and O–H groups in total. The molecule has 2 aliphatic heterocycles. The minimum Gasteiger partial charge on any atom is -0.487 e. The van der Waals surface area contributed by atoms with E-state index < -0.39 is 0 Å². The van der Waals surface area contributed by atoms with Crippen LogP contribution in [0.1, 0.15) is 52.2 Å². The van der Waals surface area contributed by atoms with E-state index in [4.69, 9.17) is 9.47 Å². The second-order valence-electron chi connectivity index (χ2n) is 6.89. The zero-order valence-electron chi connectivity index (χ0n) is 12.3. The smallest absolute Gasteiger partial charge is 0.125 e. The van der Waals surface area contributed by atoms with Crippen LogP contribution < -0.4 is 4.74 Å². The standard InChI is InChI=1S/C17H24O2/c1-11(2)9-12-10-14-16(18-12)13-7-5-6-8-15(13)19-17(14,3)4/h5-8,11-12,14,16H,9-10H2,1-4H3/t12-,14-,16-/m0/s1. The number of para-hydroxylation sites is 1. The summed E-state index contributed by atoms with van der Waals surface area (Å²) in [5.41, 5.74) is 1.10. The molecule has 3 rings (SSSR count). The van der Waals surface area contributed by atoms with E-state index in [-0.39, 0.29) is 11.7 Å². The quantitative estimate of drug-likeness (QED) is 0.787. The van der Waals surface area contributed by atoms with Crippen molar-refractivity contribution >= 4 is 0 Å². The Morgan fingerprint density at radius 1 is 1.26 bits per heavy atom. The van der Waals surface area contributed by atoms with E-state index in [0.29, 0.717) is 17.9 Å². The molecule has 1 saturated heterocycles. The topological polar surface area (TPSA) is 18.5 Å². The van der Waals surface area contributed by atoms with Crippen molar-refractivity contribution in [3.63, 3.8) is 0 Å². The van der Waals surface area contributed by atoms with E-state index >= 15 is 0 Å². The summed E-state index contributed by atoms with van der Waals surface area (Å²) in [4.78, 5) is 0. The maximum Gasteiger partial charge on any atom is 0.125 e. The molecule has 0 radical (unpaired) electrons. The molecule has 3 atom stereocenters. The lowest BCUT2D eigenvalue weighted by atomic mass is 9.78. The molecule has 19 heavy (non-hydrogen) atoms. The van der Waals surface area contributed by atoms with Gasteiger partial charge in [0.05, 0.1) is 12.2 Å². The SMILES string of the molecule is CC(C)C[C@H]1C[C@H]2[C@@H](O1)c1ccccc1OC2(C)C. The van der Waals surface area contributed by atoms with Crippen LogP contribution >= 0.6 is 0 Å². The van der Waals surface area contributed by atoms with Gasteiger partial charge in [-0.05, 0) is 38.7 Å². The summed E-state index contributed by atoms with van der Waals surface area (Å²) in [5.74, 6) is 2.15. The lowest BCUT2D eigenvalue weighted by molar-refractivity contribution is -0.0439. The Balaban J connectivity index is 1.91. The molecule has 2 heteroatoms. The van der Waals surface area contributed by atoms with Gasteiger partial charge in [0.25, 0.3) is 0 Å². The molecule has 2 heterocycles. The highest BCUT2D eigenvalue weighted by Crippen LogP contribution is 2.52. The Morgan fingerprint density at radius 2 is 2.00 bits per heavy atom. The maximum absolute atomic E-state index is 6.36. The fraction of sp³-hybridized carbons (Fsp3) is 0.647. The van der Waals surface area contributed by atoms with Crippen LogP contribution in [0.4, 0.5) is 0 Å². The predicted octanol–water partition coefficient (Wildman–Crippen LogP) is 4.35. The van der Waals surface area contributed by atoms with Crippen LogP contribution in [-0.4, -0.2) is 11.7 Å². The largest absolute Gasteiger partial charge is 0.487 e. The third-order valence-electron chi connectivity index (χ3n) is 4.45. The van der Waals surface area contributed by atoms with Gasteiger partial charge in [-0.25, -0.2) is 0 Å². The third-order valence-corrected chi connectivity index (χ3v) is 4.45. The molecule has 0 saturated carbocycles. The van der Waals surface area contributed by atoms with Gasteiger partial charge in [-0.2, -0.15) is 0 Å². The minimum absolute atomic E-state index is 0.134. The molecule has 0 amide bonds. The molecule has 1 aromatic carbocycles. The van der Waals surface area contributed by atoms with E-state index in [9.17, 15) is 0 Å². The average Bonchev–Trinajstić information content (AvgIpc) is 2.72. The number of rotatable bonds is 2. The number of fused-ring (bicyclic) bond motifs is 3. The fourth-order valence-corrected chi connectivity index (χ4v) is 3.55. The van der Waals surface area contributed by atoms with Crippen molar-refractivity contribution < 1.29 is 9.47 Å². The summed E-state index contributed by atoms with van der Waals surface area (Å²) in [6.45, 7) is 8.92. The number of ether oxygens (including phenoxy) is 2. The van der Waals surface area contributed by atoms with Gasteiger partial charge < -0.3 is 9.47 Å². The maximum atomic E-state index is 6.36. The van der Waals surface area contributed by atoms with Gasteiger partial charge >= 0.3 is 0 Å². The summed E-state index contributed by atoms with van der Waals surface area (Å²) in [7, 11) is 0. The van der Waals surface area contributed by atoms with Crippen LogP contribution in [0.2, 0.25) is 0 Å². The number of benzene rings is 1.